The van der Waals surface area contributed by atoms with Gasteiger partial charge in [-0.3, -0.25) is 9.78 Å². The van der Waals surface area contributed by atoms with Crippen LogP contribution in [0.3, 0.4) is 0 Å². The molecular formula is C15H15BrClN3O. The summed E-state index contributed by atoms with van der Waals surface area (Å²) < 4.78 is 0.856. The Bertz CT molecular complexity index is 649. The summed E-state index contributed by atoms with van der Waals surface area (Å²) in [5.41, 5.74) is 1.77. The van der Waals surface area contributed by atoms with Crippen molar-refractivity contribution in [3.8, 4) is 0 Å². The number of carbonyl (C=O) groups excluding carboxylic acids is 1. The van der Waals surface area contributed by atoms with E-state index in [2.05, 4.69) is 38.5 Å². The minimum Gasteiger partial charge on any atom is -0.385 e. The van der Waals surface area contributed by atoms with Crippen LogP contribution in [0, 0.1) is 0 Å². The van der Waals surface area contributed by atoms with Gasteiger partial charge in [0.15, 0.2) is 0 Å². The number of nitrogens with zero attached hydrogens (tertiary/aromatic N) is 1. The molecule has 0 fully saturated rings. The molecule has 0 bridgehead atoms. The molecular weight excluding hydrogens is 354 g/mol. The van der Waals surface area contributed by atoms with Crippen LogP contribution in [0.2, 0.25) is 5.02 Å². The van der Waals surface area contributed by atoms with Crippen LogP contribution in [0.1, 0.15) is 23.8 Å². The molecule has 0 saturated carbocycles. The Morgan fingerprint density at radius 2 is 2.14 bits per heavy atom. The van der Waals surface area contributed by atoms with Crippen LogP contribution in [0.5, 0.6) is 0 Å². The molecule has 0 aliphatic rings. The fraction of sp³-hybridized carbons (Fsp3) is 0.200. The van der Waals surface area contributed by atoms with Crippen molar-refractivity contribution in [3.05, 3.63) is 51.7 Å². The normalized spacial score (nSPS) is 10.2. The fourth-order valence-electron chi connectivity index (χ4n) is 1.71. The predicted octanol–water partition coefficient (Wildman–Crippen LogP) is 4.57. The maximum Gasteiger partial charge on any atom is 0.274 e. The van der Waals surface area contributed by atoms with E-state index in [-0.39, 0.29) is 5.91 Å². The van der Waals surface area contributed by atoms with Gasteiger partial charge in [0.05, 0.1) is 10.7 Å². The van der Waals surface area contributed by atoms with Crippen molar-refractivity contribution in [2.75, 3.05) is 17.2 Å². The van der Waals surface area contributed by atoms with Gasteiger partial charge >= 0.3 is 0 Å². The summed E-state index contributed by atoms with van der Waals surface area (Å²) in [7, 11) is 0. The molecule has 1 aromatic carbocycles. The van der Waals surface area contributed by atoms with E-state index in [0.717, 1.165) is 23.1 Å². The largest absolute Gasteiger partial charge is 0.385 e. The van der Waals surface area contributed by atoms with E-state index in [1.165, 1.54) is 0 Å². The highest BCUT2D eigenvalue weighted by atomic mass is 79.9. The summed E-state index contributed by atoms with van der Waals surface area (Å²) in [6.45, 7) is 2.93. The van der Waals surface area contributed by atoms with Gasteiger partial charge in [0.2, 0.25) is 0 Å². The van der Waals surface area contributed by atoms with Crippen molar-refractivity contribution < 1.29 is 4.79 Å². The number of anilines is 2. The maximum atomic E-state index is 12.2. The molecule has 1 amide bonds. The molecule has 1 aromatic heterocycles. The number of halogens is 2. The van der Waals surface area contributed by atoms with Crippen molar-refractivity contribution >= 4 is 44.8 Å². The van der Waals surface area contributed by atoms with Gasteiger partial charge < -0.3 is 10.6 Å². The molecule has 0 unspecified atom stereocenters. The standard InChI is InChI=1S/C15H15BrClN3O/c1-2-6-18-11-5-7-19-14(9-11)15(21)20-13-4-3-10(16)8-12(13)17/h3-5,7-9H,2,6H2,1H3,(H,18,19)(H,20,21). The Labute approximate surface area is 137 Å². The third kappa shape index (κ3) is 4.44. The van der Waals surface area contributed by atoms with Crippen LogP contribution in [0.25, 0.3) is 0 Å². The highest BCUT2D eigenvalue weighted by molar-refractivity contribution is 9.10. The number of amides is 1. The van der Waals surface area contributed by atoms with Crippen molar-refractivity contribution in [1.82, 2.24) is 4.98 Å². The predicted molar refractivity (Wildman–Crippen MR) is 90.1 cm³/mol. The first-order chi connectivity index (χ1) is 10.1. The van der Waals surface area contributed by atoms with Crippen LogP contribution < -0.4 is 10.6 Å². The third-order valence-electron chi connectivity index (χ3n) is 2.75. The first kappa shape index (κ1) is 15.8. The molecule has 2 N–H and O–H groups in total. The smallest absolute Gasteiger partial charge is 0.274 e. The summed E-state index contributed by atoms with van der Waals surface area (Å²) in [6.07, 6.45) is 2.62. The summed E-state index contributed by atoms with van der Waals surface area (Å²) in [5, 5.41) is 6.45. The number of pyridine rings is 1. The van der Waals surface area contributed by atoms with E-state index in [9.17, 15) is 4.79 Å². The van der Waals surface area contributed by atoms with Crippen molar-refractivity contribution in [2.24, 2.45) is 0 Å². The second-order valence-corrected chi connectivity index (χ2v) is 5.76. The summed E-state index contributed by atoms with van der Waals surface area (Å²) in [4.78, 5) is 16.3. The Morgan fingerprint density at radius 1 is 1.33 bits per heavy atom. The lowest BCUT2D eigenvalue weighted by atomic mass is 10.2. The van der Waals surface area contributed by atoms with Gasteiger partial charge in [0.25, 0.3) is 5.91 Å². The zero-order chi connectivity index (χ0) is 15.2. The Hall–Kier alpha value is -1.59. The Balaban J connectivity index is 2.12. The van der Waals surface area contributed by atoms with Gasteiger partial charge in [0, 0.05) is 22.9 Å². The molecule has 0 saturated heterocycles. The molecule has 0 aliphatic carbocycles. The molecule has 4 nitrogen and oxygen atoms in total. The van der Waals surface area contributed by atoms with Gasteiger partial charge in [0.1, 0.15) is 5.69 Å². The SMILES string of the molecule is CCCNc1ccnc(C(=O)Nc2ccc(Br)cc2Cl)c1. The maximum absolute atomic E-state index is 12.2. The first-order valence-corrected chi connectivity index (χ1v) is 7.73. The molecule has 0 aliphatic heterocycles. The molecule has 0 radical (unpaired) electrons. The van der Waals surface area contributed by atoms with E-state index in [4.69, 9.17) is 11.6 Å². The lowest BCUT2D eigenvalue weighted by Gasteiger charge is -2.09. The quantitative estimate of drug-likeness (QED) is 0.812. The second kappa shape index (κ2) is 7.43. The summed E-state index contributed by atoms with van der Waals surface area (Å²) >= 11 is 9.41. The molecule has 2 rings (SSSR count). The number of rotatable bonds is 5. The molecule has 0 atom stereocenters. The number of nitrogens with one attached hydrogen (secondary N) is 2. The minimum atomic E-state index is -0.292. The first-order valence-electron chi connectivity index (χ1n) is 6.56. The van der Waals surface area contributed by atoms with Gasteiger partial charge in [-0.15, -0.1) is 0 Å². The molecule has 6 heteroatoms. The van der Waals surface area contributed by atoms with Gasteiger partial charge in [-0.1, -0.05) is 34.5 Å². The van der Waals surface area contributed by atoms with Crippen molar-refractivity contribution in [3.63, 3.8) is 0 Å². The lowest BCUT2D eigenvalue weighted by Crippen LogP contribution is -2.14. The van der Waals surface area contributed by atoms with Crippen LogP contribution in [0.4, 0.5) is 11.4 Å². The molecule has 2 aromatic rings. The average molecular weight is 369 g/mol. The topological polar surface area (TPSA) is 54.0 Å². The van der Waals surface area contributed by atoms with Crippen LogP contribution in [-0.2, 0) is 0 Å². The number of aromatic nitrogens is 1. The van der Waals surface area contributed by atoms with Gasteiger partial charge in [-0.05, 0) is 36.8 Å². The van der Waals surface area contributed by atoms with Crippen molar-refractivity contribution in [2.45, 2.75) is 13.3 Å². The van der Waals surface area contributed by atoms with Crippen LogP contribution >= 0.6 is 27.5 Å². The van der Waals surface area contributed by atoms with Gasteiger partial charge in [-0.2, -0.15) is 0 Å². The molecule has 21 heavy (non-hydrogen) atoms. The second-order valence-electron chi connectivity index (χ2n) is 4.43. The Kier molecular flexibility index (Phi) is 5.59. The number of hydrogen-bond acceptors (Lipinski definition) is 3. The van der Waals surface area contributed by atoms with E-state index in [0.29, 0.717) is 16.4 Å². The highest BCUT2D eigenvalue weighted by Crippen LogP contribution is 2.26. The molecule has 1 heterocycles. The average Bonchev–Trinajstić information content (AvgIpc) is 2.48. The van der Waals surface area contributed by atoms with E-state index < -0.39 is 0 Å². The van der Waals surface area contributed by atoms with E-state index in [1.807, 2.05) is 12.1 Å². The minimum absolute atomic E-state index is 0.292. The Morgan fingerprint density at radius 3 is 2.86 bits per heavy atom. The van der Waals surface area contributed by atoms with E-state index in [1.54, 1.807) is 24.4 Å². The van der Waals surface area contributed by atoms with Crippen LogP contribution in [0.15, 0.2) is 41.0 Å². The third-order valence-corrected chi connectivity index (χ3v) is 3.56. The van der Waals surface area contributed by atoms with Crippen molar-refractivity contribution in [1.29, 1.82) is 0 Å². The van der Waals surface area contributed by atoms with E-state index >= 15 is 0 Å². The number of benzene rings is 1. The van der Waals surface area contributed by atoms with Crippen LogP contribution in [-0.4, -0.2) is 17.4 Å². The summed E-state index contributed by atoms with van der Waals surface area (Å²) in [5.74, 6) is -0.292. The number of hydrogen-bond donors (Lipinski definition) is 2. The van der Waals surface area contributed by atoms with Gasteiger partial charge in [-0.25, -0.2) is 0 Å². The zero-order valence-electron chi connectivity index (χ0n) is 11.5. The highest BCUT2D eigenvalue weighted by Gasteiger charge is 2.10. The zero-order valence-corrected chi connectivity index (χ0v) is 13.8. The molecule has 110 valence electrons. The monoisotopic (exact) mass is 367 g/mol. The number of carbonyl (C=O) groups is 1. The fourth-order valence-corrected chi connectivity index (χ4v) is 2.43. The summed E-state index contributed by atoms with van der Waals surface area (Å²) in [6, 6.07) is 8.83. The molecule has 0 spiro atoms. The lowest BCUT2D eigenvalue weighted by molar-refractivity contribution is 0.102.